The molecule has 0 spiro atoms. The van der Waals surface area contributed by atoms with Crippen molar-refractivity contribution in [1.82, 2.24) is 15.1 Å². The summed E-state index contributed by atoms with van der Waals surface area (Å²) in [6.45, 7) is -1.53. The molecule has 1 N–H and O–H groups in total. The molecule has 1 rings (SSSR count). The molecule has 0 saturated carbocycles. The molecule has 0 atom stereocenters. The van der Waals surface area contributed by atoms with Crippen molar-refractivity contribution in [3.05, 3.63) is 18.0 Å². The Morgan fingerprint density at radius 2 is 2.31 bits per heavy atom. The number of nitrogens with zero attached hydrogens (tertiary/aromatic N) is 2. The number of alkyl halides is 3. The maximum Gasteiger partial charge on any atom is 0.422 e. The summed E-state index contributed by atoms with van der Waals surface area (Å²) < 4.78 is 40.5. The highest BCUT2D eigenvalue weighted by Crippen LogP contribution is 2.14. The summed E-state index contributed by atoms with van der Waals surface area (Å²) in [5, 5.41) is 6.00. The second-order valence-corrected chi connectivity index (χ2v) is 2.99. The lowest BCUT2D eigenvalue weighted by atomic mass is 10.4. The molecule has 1 amide bonds. The van der Waals surface area contributed by atoms with E-state index in [0.717, 1.165) is 0 Å². The summed E-state index contributed by atoms with van der Waals surface area (Å²) in [6.07, 6.45) is -4.11. The van der Waals surface area contributed by atoms with E-state index in [2.05, 4.69) is 15.2 Å². The van der Waals surface area contributed by atoms with Crippen molar-refractivity contribution in [1.29, 1.82) is 0 Å². The van der Waals surface area contributed by atoms with Gasteiger partial charge in [-0.2, -0.15) is 18.3 Å². The van der Waals surface area contributed by atoms with Gasteiger partial charge in [-0.1, -0.05) is 0 Å². The van der Waals surface area contributed by atoms with Gasteiger partial charge in [0, 0.05) is 13.2 Å². The lowest BCUT2D eigenvalue weighted by Gasteiger charge is -2.09. The largest absolute Gasteiger partial charge is 0.440 e. The number of rotatable bonds is 3. The smallest absolute Gasteiger partial charge is 0.422 e. The van der Waals surface area contributed by atoms with Crippen molar-refractivity contribution in [3.63, 3.8) is 0 Å². The highest BCUT2D eigenvalue weighted by Gasteiger charge is 2.29. The van der Waals surface area contributed by atoms with Crippen LogP contribution in [0.25, 0.3) is 0 Å². The minimum atomic E-state index is -4.51. The first-order chi connectivity index (χ1) is 7.38. The summed E-state index contributed by atoms with van der Waals surface area (Å²) in [5.74, 6) is 0. The van der Waals surface area contributed by atoms with Crippen LogP contribution in [0.15, 0.2) is 12.3 Å². The van der Waals surface area contributed by atoms with Gasteiger partial charge in [0.2, 0.25) is 0 Å². The summed E-state index contributed by atoms with van der Waals surface area (Å²) in [7, 11) is 1.65. The van der Waals surface area contributed by atoms with Crippen LogP contribution < -0.4 is 5.32 Å². The molecule has 16 heavy (non-hydrogen) atoms. The molecule has 1 aromatic rings. The van der Waals surface area contributed by atoms with E-state index >= 15 is 0 Å². The van der Waals surface area contributed by atoms with Gasteiger partial charge in [0.1, 0.15) is 0 Å². The fourth-order valence-corrected chi connectivity index (χ4v) is 0.936. The van der Waals surface area contributed by atoms with Gasteiger partial charge in [-0.05, 0) is 6.07 Å². The third-order valence-corrected chi connectivity index (χ3v) is 1.70. The quantitative estimate of drug-likeness (QED) is 0.859. The minimum absolute atomic E-state index is 0.0627. The Hall–Kier alpha value is -1.73. The van der Waals surface area contributed by atoms with Crippen LogP contribution in [-0.2, 0) is 18.3 Å². The number of aryl methyl sites for hydroxylation is 1. The standard InChI is InChI=1S/C8H10F3N3O2/c1-14-6(2-3-13-14)4-12-7(15)16-5-8(9,10)11/h2-3H,4-5H2,1H3,(H,12,15). The van der Waals surface area contributed by atoms with E-state index < -0.39 is 18.9 Å². The molecule has 0 radical (unpaired) electrons. The maximum absolute atomic E-state index is 11.7. The van der Waals surface area contributed by atoms with Crippen LogP contribution in [-0.4, -0.2) is 28.7 Å². The lowest BCUT2D eigenvalue weighted by molar-refractivity contribution is -0.160. The second-order valence-electron chi connectivity index (χ2n) is 2.99. The predicted molar refractivity (Wildman–Crippen MR) is 47.5 cm³/mol. The monoisotopic (exact) mass is 237 g/mol. The number of aromatic nitrogens is 2. The summed E-state index contributed by atoms with van der Waals surface area (Å²) >= 11 is 0. The van der Waals surface area contributed by atoms with Crippen LogP contribution in [0.1, 0.15) is 5.69 Å². The molecule has 0 aliphatic carbocycles. The Balaban J connectivity index is 2.29. The van der Waals surface area contributed by atoms with Gasteiger partial charge in [0.25, 0.3) is 0 Å². The fraction of sp³-hybridized carbons (Fsp3) is 0.500. The van der Waals surface area contributed by atoms with Gasteiger partial charge < -0.3 is 10.1 Å². The molecule has 90 valence electrons. The van der Waals surface area contributed by atoms with Gasteiger partial charge in [-0.15, -0.1) is 0 Å². The number of halogens is 3. The van der Waals surface area contributed by atoms with Crippen molar-refractivity contribution in [2.45, 2.75) is 12.7 Å². The molecule has 0 aliphatic heterocycles. The van der Waals surface area contributed by atoms with E-state index in [1.54, 1.807) is 13.1 Å². The number of nitrogens with one attached hydrogen (secondary N) is 1. The van der Waals surface area contributed by atoms with Crippen molar-refractivity contribution < 1.29 is 22.7 Å². The molecular formula is C8H10F3N3O2. The van der Waals surface area contributed by atoms with Gasteiger partial charge in [0.15, 0.2) is 6.61 Å². The third kappa shape index (κ3) is 4.20. The average Bonchev–Trinajstić information content (AvgIpc) is 2.57. The third-order valence-electron chi connectivity index (χ3n) is 1.70. The van der Waals surface area contributed by atoms with E-state index in [-0.39, 0.29) is 6.54 Å². The number of alkyl carbamates (subject to hydrolysis) is 1. The first kappa shape index (κ1) is 12.3. The number of carbonyl (C=O) groups excluding carboxylic acids is 1. The zero-order chi connectivity index (χ0) is 12.2. The van der Waals surface area contributed by atoms with Crippen molar-refractivity contribution in [2.24, 2.45) is 7.05 Å². The fourth-order valence-electron chi connectivity index (χ4n) is 0.936. The summed E-state index contributed by atoms with van der Waals surface area (Å²) in [5.41, 5.74) is 0.656. The number of ether oxygens (including phenoxy) is 1. The van der Waals surface area contributed by atoms with Crippen LogP contribution in [0, 0.1) is 0 Å². The van der Waals surface area contributed by atoms with E-state index in [4.69, 9.17) is 0 Å². The Bertz CT molecular complexity index is 362. The highest BCUT2D eigenvalue weighted by molar-refractivity contribution is 5.67. The minimum Gasteiger partial charge on any atom is -0.440 e. The predicted octanol–water partition coefficient (Wildman–Crippen LogP) is 1.21. The van der Waals surface area contributed by atoms with Crippen LogP contribution >= 0.6 is 0 Å². The zero-order valence-corrected chi connectivity index (χ0v) is 8.41. The van der Waals surface area contributed by atoms with Crippen LogP contribution in [0.5, 0.6) is 0 Å². The number of hydrogen-bond acceptors (Lipinski definition) is 3. The Labute approximate surface area is 89.2 Å². The molecular weight excluding hydrogens is 227 g/mol. The Morgan fingerprint density at radius 3 is 2.81 bits per heavy atom. The van der Waals surface area contributed by atoms with Crippen molar-refractivity contribution in [2.75, 3.05) is 6.61 Å². The first-order valence-electron chi connectivity index (χ1n) is 4.33. The van der Waals surface area contributed by atoms with Crippen LogP contribution in [0.2, 0.25) is 0 Å². The van der Waals surface area contributed by atoms with Crippen LogP contribution in [0.3, 0.4) is 0 Å². The first-order valence-corrected chi connectivity index (χ1v) is 4.33. The van der Waals surface area contributed by atoms with E-state index in [1.807, 2.05) is 0 Å². The lowest BCUT2D eigenvalue weighted by Crippen LogP contribution is -2.29. The van der Waals surface area contributed by atoms with E-state index in [0.29, 0.717) is 5.69 Å². The van der Waals surface area contributed by atoms with Gasteiger partial charge in [-0.25, -0.2) is 4.79 Å². The zero-order valence-electron chi connectivity index (χ0n) is 8.41. The van der Waals surface area contributed by atoms with Crippen molar-refractivity contribution in [3.8, 4) is 0 Å². The average molecular weight is 237 g/mol. The van der Waals surface area contributed by atoms with Crippen LogP contribution in [0.4, 0.5) is 18.0 Å². The number of amides is 1. The van der Waals surface area contributed by atoms with E-state index in [9.17, 15) is 18.0 Å². The topological polar surface area (TPSA) is 56.2 Å². The Morgan fingerprint density at radius 1 is 1.62 bits per heavy atom. The van der Waals surface area contributed by atoms with Gasteiger partial charge >= 0.3 is 12.3 Å². The molecule has 1 heterocycles. The summed E-state index contributed by atoms with van der Waals surface area (Å²) in [6, 6.07) is 1.63. The molecule has 0 saturated heterocycles. The molecule has 0 fully saturated rings. The second kappa shape index (κ2) is 4.86. The van der Waals surface area contributed by atoms with Crippen molar-refractivity contribution >= 4 is 6.09 Å². The highest BCUT2D eigenvalue weighted by atomic mass is 19.4. The maximum atomic E-state index is 11.7. The van der Waals surface area contributed by atoms with Gasteiger partial charge in [-0.3, -0.25) is 4.68 Å². The molecule has 5 nitrogen and oxygen atoms in total. The number of hydrogen-bond donors (Lipinski definition) is 1. The van der Waals surface area contributed by atoms with Gasteiger partial charge in [0.05, 0.1) is 12.2 Å². The van der Waals surface area contributed by atoms with E-state index in [1.165, 1.54) is 10.9 Å². The molecule has 1 aromatic heterocycles. The molecule has 0 unspecified atom stereocenters. The molecule has 8 heteroatoms. The molecule has 0 aliphatic rings. The Kier molecular flexibility index (Phi) is 3.75. The summed E-state index contributed by atoms with van der Waals surface area (Å²) in [4.78, 5) is 10.8. The molecule has 0 bridgehead atoms. The normalized spacial score (nSPS) is 11.2. The number of carbonyl (C=O) groups is 1. The SMILES string of the molecule is Cn1nccc1CNC(=O)OCC(F)(F)F. The molecule has 0 aromatic carbocycles.